The molecule has 1 heterocycles. The maximum Gasteiger partial charge on any atom is 0.265 e. The van der Waals surface area contributed by atoms with Crippen LogP contribution in [0.4, 0.5) is 5.69 Å². The summed E-state index contributed by atoms with van der Waals surface area (Å²) in [5, 5.41) is 4.33. The van der Waals surface area contributed by atoms with Gasteiger partial charge >= 0.3 is 0 Å². The second kappa shape index (κ2) is 6.13. The van der Waals surface area contributed by atoms with Gasteiger partial charge in [0.2, 0.25) is 0 Å². The predicted octanol–water partition coefficient (Wildman–Crippen LogP) is 3.60. The molecule has 3 aromatic rings. The maximum atomic E-state index is 12.8. The molecule has 0 saturated carbocycles. The van der Waals surface area contributed by atoms with Crippen LogP contribution in [0.15, 0.2) is 59.6 Å². The Kier molecular flexibility index (Phi) is 4.15. The van der Waals surface area contributed by atoms with Crippen LogP contribution in [0, 0.1) is 20.8 Å². The smallest absolute Gasteiger partial charge is 0.265 e. The first kappa shape index (κ1) is 16.3. The molecule has 0 atom stereocenters. The van der Waals surface area contributed by atoms with Gasteiger partial charge in [0.25, 0.3) is 10.0 Å². The van der Waals surface area contributed by atoms with Crippen molar-refractivity contribution in [1.29, 1.82) is 0 Å². The van der Waals surface area contributed by atoms with E-state index in [1.165, 1.54) is 0 Å². The Morgan fingerprint density at radius 2 is 1.54 bits per heavy atom. The molecule has 3 rings (SSSR count). The molecular weight excluding hydrogens is 322 g/mol. The summed E-state index contributed by atoms with van der Waals surface area (Å²) in [5.74, 6) is 0. The van der Waals surface area contributed by atoms with Gasteiger partial charge in [-0.1, -0.05) is 36.4 Å². The third-order valence-electron chi connectivity index (χ3n) is 3.88. The zero-order valence-electron chi connectivity index (χ0n) is 13.8. The van der Waals surface area contributed by atoms with Gasteiger partial charge in [-0.25, -0.2) is 13.1 Å². The molecule has 0 aliphatic carbocycles. The van der Waals surface area contributed by atoms with Crippen LogP contribution in [0.5, 0.6) is 0 Å². The highest BCUT2D eigenvalue weighted by Crippen LogP contribution is 2.25. The third-order valence-corrected chi connectivity index (χ3v) is 5.33. The molecule has 0 radical (unpaired) electrons. The van der Waals surface area contributed by atoms with Crippen molar-refractivity contribution in [3.8, 4) is 5.69 Å². The van der Waals surface area contributed by atoms with Gasteiger partial charge in [-0.05, 0) is 44.0 Å². The summed E-state index contributed by atoms with van der Waals surface area (Å²) in [6.45, 7) is 5.45. The minimum absolute atomic E-state index is 0.175. The van der Waals surface area contributed by atoms with Crippen molar-refractivity contribution in [3.05, 3.63) is 71.5 Å². The van der Waals surface area contributed by atoms with E-state index in [2.05, 4.69) is 9.82 Å². The molecule has 1 N–H and O–H groups in total. The van der Waals surface area contributed by atoms with E-state index in [9.17, 15) is 8.42 Å². The van der Waals surface area contributed by atoms with E-state index < -0.39 is 10.0 Å². The number of nitrogens with one attached hydrogen (secondary N) is 1. The summed E-state index contributed by atoms with van der Waals surface area (Å²) in [6.07, 6.45) is 1.54. The van der Waals surface area contributed by atoms with Gasteiger partial charge in [0.1, 0.15) is 4.90 Å². The summed E-state index contributed by atoms with van der Waals surface area (Å²) < 4.78 is 29.9. The fourth-order valence-electron chi connectivity index (χ4n) is 2.59. The van der Waals surface area contributed by atoms with E-state index in [0.717, 1.165) is 16.8 Å². The summed E-state index contributed by atoms with van der Waals surface area (Å²) >= 11 is 0. The summed E-state index contributed by atoms with van der Waals surface area (Å²) in [7, 11) is -3.71. The molecular formula is C18H19N3O2S. The lowest BCUT2D eigenvalue weighted by Gasteiger charge is -2.12. The quantitative estimate of drug-likeness (QED) is 0.788. The van der Waals surface area contributed by atoms with Crippen LogP contribution in [0.2, 0.25) is 0 Å². The Morgan fingerprint density at radius 1 is 0.917 bits per heavy atom. The number of aromatic nitrogens is 2. The fraction of sp³-hybridized carbons (Fsp3) is 0.167. The lowest BCUT2D eigenvalue weighted by atomic mass is 10.1. The molecule has 0 fully saturated rings. The highest BCUT2D eigenvalue weighted by Gasteiger charge is 2.22. The SMILES string of the molecule is Cc1cccc(C)c1NS(=O)(=O)c1cn(-c2ccccc2)nc1C. The van der Waals surface area contributed by atoms with Gasteiger partial charge in [-0.15, -0.1) is 0 Å². The Balaban J connectivity index is 2.01. The number of sulfonamides is 1. The average molecular weight is 341 g/mol. The molecule has 0 amide bonds. The summed E-state index contributed by atoms with van der Waals surface area (Å²) in [4.78, 5) is 0.175. The van der Waals surface area contributed by atoms with Crippen LogP contribution in [-0.4, -0.2) is 18.2 Å². The van der Waals surface area contributed by atoms with Gasteiger partial charge in [0, 0.05) is 0 Å². The average Bonchev–Trinajstić information content (AvgIpc) is 2.95. The maximum absolute atomic E-state index is 12.8. The zero-order chi connectivity index (χ0) is 17.3. The molecule has 0 unspecified atom stereocenters. The van der Waals surface area contributed by atoms with Crippen LogP contribution in [0.25, 0.3) is 5.69 Å². The van der Waals surface area contributed by atoms with Gasteiger partial charge < -0.3 is 0 Å². The number of hydrogen-bond donors (Lipinski definition) is 1. The highest BCUT2D eigenvalue weighted by molar-refractivity contribution is 7.92. The first-order valence-electron chi connectivity index (χ1n) is 7.59. The lowest BCUT2D eigenvalue weighted by Crippen LogP contribution is -2.15. The third kappa shape index (κ3) is 3.05. The number of para-hydroxylation sites is 2. The normalized spacial score (nSPS) is 11.5. The van der Waals surface area contributed by atoms with Crippen molar-refractivity contribution < 1.29 is 8.42 Å². The molecule has 0 aliphatic rings. The van der Waals surface area contributed by atoms with Gasteiger partial charge in [-0.3, -0.25) is 4.72 Å². The molecule has 0 bridgehead atoms. The van der Waals surface area contributed by atoms with E-state index in [-0.39, 0.29) is 4.90 Å². The Labute approximate surface area is 142 Å². The zero-order valence-corrected chi connectivity index (χ0v) is 14.6. The number of anilines is 1. The molecule has 0 aliphatic heterocycles. The fourth-order valence-corrected chi connectivity index (χ4v) is 3.95. The summed E-state index contributed by atoms with van der Waals surface area (Å²) in [6, 6.07) is 15.1. The standard InChI is InChI=1S/C18H19N3O2S/c1-13-8-7-9-14(2)18(13)20-24(22,23)17-12-21(19-15(17)3)16-10-5-4-6-11-16/h4-12,20H,1-3H3. The minimum atomic E-state index is -3.71. The van der Waals surface area contributed by atoms with E-state index in [0.29, 0.717) is 11.4 Å². The van der Waals surface area contributed by atoms with Crippen LogP contribution >= 0.6 is 0 Å². The van der Waals surface area contributed by atoms with Crippen LogP contribution in [-0.2, 0) is 10.0 Å². The monoisotopic (exact) mass is 341 g/mol. The van der Waals surface area contributed by atoms with Gasteiger partial charge in [0.05, 0.1) is 23.3 Å². The summed E-state index contributed by atoms with van der Waals surface area (Å²) in [5.41, 5.74) is 3.65. The topological polar surface area (TPSA) is 64.0 Å². The second-order valence-corrected chi connectivity index (χ2v) is 7.38. The lowest BCUT2D eigenvalue weighted by molar-refractivity contribution is 0.600. The molecule has 1 aromatic heterocycles. The van der Waals surface area contributed by atoms with Crippen LogP contribution < -0.4 is 4.72 Å². The van der Waals surface area contributed by atoms with Crippen molar-refractivity contribution in [3.63, 3.8) is 0 Å². The van der Waals surface area contributed by atoms with Crippen molar-refractivity contribution in [1.82, 2.24) is 9.78 Å². The van der Waals surface area contributed by atoms with Crippen LogP contribution in [0.1, 0.15) is 16.8 Å². The minimum Gasteiger partial charge on any atom is -0.279 e. The highest BCUT2D eigenvalue weighted by atomic mass is 32.2. The van der Waals surface area contributed by atoms with Crippen molar-refractivity contribution in [2.75, 3.05) is 4.72 Å². The molecule has 6 heteroatoms. The number of benzene rings is 2. The molecule has 5 nitrogen and oxygen atoms in total. The first-order chi connectivity index (χ1) is 11.4. The first-order valence-corrected chi connectivity index (χ1v) is 9.07. The van der Waals surface area contributed by atoms with E-state index >= 15 is 0 Å². The van der Waals surface area contributed by atoms with E-state index in [1.807, 2.05) is 62.4 Å². The Morgan fingerprint density at radius 3 is 2.17 bits per heavy atom. The number of aryl methyl sites for hydroxylation is 3. The molecule has 24 heavy (non-hydrogen) atoms. The molecule has 124 valence electrons. The largest absolute Gasteiger partial charge is 0.279 e. The van der Waals surface area contributed by atoms with Gasteiger partial charge in [0.15, 0.2) is 0 Å². The second-order valence-electron chi connectivity index (χ2n) is 5.73. The van der Waals surface area contributed by atoms with Crippen LogP contribution in [0.3, 0.4) is 0 Å². The number of hydrogen-bond acceptors (Lipinski definition) is 3. The molecule has 0 spiro atoms. The number of rotatable bonds is 4. The van der Waals surface area contributed by atoms with E-state index in [1.54, 1.807) is 17.8 Å². The van der Waals surface area contributed by atoms with Crippen molar-refractivity contribution in [2.24, 2.45) is 0 Å². The van der Waals surface area contributed by atoms with Gasteiger partial charge in [-0.2, -0.15) is 5.10 Å². The van der Waals surface area contributed by atoms with E-state index in [4.69, 9.17) is 0 Å². The predicted molar refractivity (Wildman–Crippen MR) is 95.0 cm³/mol. The molecule has 0 saturated heterocycles. The van der Waals surface area contributed by atoms with Crippen molar-refractivity contribution in [2.45, 2.75) is 25.7 Å². The Hall–Kier alpha value is -2.60. The Bertz CT molecular complexity index is 957. The number of nitrogens with zero attached hydrogens (tertiary/aromatic N) is 2. The molecule has 2 aromatic carbocycles. The van der Waals surface area contributed by atoms with Crippen molar-refractivity contribution >= 4 is 15.7 Å².